The van der Waals surface area contributed by atoms with Crippen LogP contribution in [0.2, 0.25) is 0 Å². The van der Waals surface area contributed by atoms with Gasteiger partial charge in [-0.15, -0.1) is 0 Å². The minimum atomic E-state index is -0.00731. The Morgan fingerprint density at radius 3 is 2.17 bits per heavy atom. The zero-order valence-electron chi connectivity index (χ0n) is 12.8. The normalized spacial score (nSPS) is 13.7. The highest BCUT2D eigenvalue weighted by atomic mass is 16.1. The summed E-state index contributed by atoms with van der Waals surface area (Å²) in [5.74, 6) is -0.00731. The van der Waals surface area contributed by atoms with E-state index in [9.17, 15) is 4.79 Å². The lowest BCUT2D eigenvalue weighted by Gasteiger charge is -2.15. The molecule has 0 saturated carbocycles. The summed E-state index contributed by atoms with van der Waals surface area (Å²) < 4.78 is 1.97. The fraction of sp³-hybridized carbons (Fsp3) is 0.150. The maximum absolute atomic E-state index is 12.7. The molecular formula is C20H18N2O. The first-order valence-corrected chi connectivity index (χ1v) is 7.91. The van der Waals surface area contributed by atoms with Crippen molar-refractivity contribution in [3.63, 3.8) is 0 Å². The molecule has 23 heavy (non-hydrogen) atoms. The highest BCUT2D eigenvalue weighted by Crippen LogP contribution is 2.22. The van der Waals surface area contributed by atoms with Crippen molar-refractivity contribution in [3.05, 3.63) is 89.7 Å². The number of nitrogens with zero attached hydrogens (tertiary/aromatic N) is 1. The number of benzene rings is 2. The number of hydrogen-bond acceptors (Lipinski definition) is 1. The Labute approximate surface area is 135 Å². The summed E-state index contributed by atoms with van der Waals surface area (Å²) in [5.41, 5.74) is 4.30. The van der Waals surface area contributed by atoms with Gasteiger partial charge in [0.25, 0.3) is 5.91 Å². The molecule has 0 aliphatic heterocycles. The van der Waals surface area contributed by atoms with Crippen LogP contribution in [0, 0.1) is 0 Å². The second-order valence-corrected chi connectivity index (χ2v) is 5.95. The Morgan fingerprint density at radius 2 is 1.48 bits per heavy atom. The zero-order valence-corrected chi connectivity index (χ0v) is 12.8. The van der Waals surface area contributed by atoms with Crippen LogP contribution in [-0.2, 0) is 12.8 Å². The van der Waals surface area contributed by atoms with Gasteiger partial charge in [0.2, 0.25) is 0 Å². The van der Waals surface area contributed by atoms with E-state index in [1.165, 1.54) is 11.1 Å². The van der Waals surface area contributed by atoms with Crippen molar-refractivity contribution in [2.45, 2.75) is 18.9 Å². The van der Waals surface area contributed by atoms with Crippen LogP contribution in [0.3, 0.4) is 0 Å². The molecular weight excluding hydrogens is 284 g/mol. The molecule has 1 amide bonds. The van der Waals surface area contributed by atoms with Crippen LogP contribution >= 0.6 is 0 Å². The van der Waals surface area contributed by atoms with E-state index in [1.54, 1.807) is 0 Å². The highest BCUT2D eigenvalue weighted by Gasteiger charge is 2.23. The summed E-state index contributed by atoms with van der Waals surface area (Å²) in [6.45, 7) is 0. The van der Waals surface area contributed by atoms with E-state index < -0.39 is 0 Å². The van der Waals surface area contributed by atoms with E-state index in [2.05, 4.69) is 29.6 Å². The molecule has 0 unspecified atom stereocenters. The number of fused-ring (bicyclic) bond motifs is 1. The summed E-state index contributed by atoms with van der Waals surface area (Å²) in [5, 5.41) is 3.19. The molecule has 114 valence electrons. The van der Waals surface area contributed by atoms with Gasteiger partial charge in [-0.2, -0.15) is 0 Å². The van der Waals surface area contributed by atoms with Gasteiger partial charge in [0.15, 0.2) is 0 Å². The van der Waals surface area contributed by atoms with Crippen LogP contribution < -0.4 is 5.32 Å². The molecule has 3 nitrogen and oxygen atoms in total. The van der Waals surface area contributed by atoms with Crippen molar-refractivity contribution in [3.8, 4) is 5.69 Å². The number of carbonyl (C=O) groups excluding carboxylic acids is 1. The fourth-order valence-corrected chi connectivity index (χ4v) is 3.31. The number of para-hydroxylation sites is 1. The van der Waals surface area contributed by atoms with E-state index in [0.717, 1.165) is 18.5 Å². The Hall–Kier alpha value is -2.81. The summed E-state index contributed by atoms with van der Waals surface area (Å²) in [7, 11) is 0. The molecule has 1 aromatic heterocycles. The minimum absolute atomic E-state index is 0.00731. The number of amides is 1. The van der Waals surface area contributed by atoms with Gasteiger partial charge in [0.1, 0.15) is 0 Å². The first kappa shape index (κ1) is 13.8. The van der Waals surface area contributed by atoms with Crippen molar-refractivity contribution in [1.82, 2.24) is 9.88 Å². The molecule has 0 atom stereocenters. The van der Waals surface area contributed by atoms with Gasteiger partial charge < -0.3 is 9.88 Å². The number of carbonyl (C=O) groups is 1. The maximum atomic E-state index is 12.7. The summed E-state index contributed by atoms with van der Waals surface area (Å²) in [6, 6.07) is 20.2. The van der Waals surface area contributed by atoms with Crippen LogP contribution in [0.15, 0.2) is 73.1 Å². The Kier molecular flexibility index (Phi) is 3.46. The number of hydrogen-bond donors (Lipinski definition) is 1. The molecule has 0 radical (unpaired) electrons. The monoisotopic (exact) mass is 302 g/mol. The topological polar surface area (TPSA) is 34.0 Å². The number of aromatic nitrogens is 1. The quantitative estimate of drug-likeness (QED) is 0.791. The molecule has 1 N–H and O–H groups in total. The number of rotatable bonds is 3. The molecule has 3 heteroatoms. The van der Waals surface area contributed by atoms with Gasteiger partial charge in [-0.1, -0.05) is 36.4 Å². The van der Waals surface area contributed by atoms with E-state index in [0.29, 0.717) is 5.56 Å². The molecule has 0 fully saturated rings. The fourth-order valence-electron chi connectivity index (χ4n) is 3.31. The lowest BCUT2D eigenvalue weighted by Crippen LogP contribution is -2.35. The first-order chi connectivity index (χ1) is 11.3. The summed E-state index contributed by atoms with van der Waals surface area (Å²) in [4.78, 5) is 12.7. The minimum Gasteiger partial charge on any atom is -0.349 e. The zero-order chi connectivity index (χ0) is 15.6. The lowest BCUT2D eigenvalue weighted by molar-refractivity contribution is 0.0938. The van der Waals surface area contributed by atoms with Crippen LogP contribution in [-0.4, -0.2) is 16.5 Å². The van der Waals surface area contributed by atoms with Crippen LogP contribution in [0.5, 0.6) is 0 Å². The Balaban J connectivity index is 1.55. The average Bonchev–Trinajstić information content (AvgIpc) is 3.24. The molecule has 4 rings (SSSR count). The van der Waals surface area contributed by atoms with Crippen LogP contribution in [0.25, 0.3) is 5.69 Å². The third-order valence-electron chi connectivity index (χ3n) is 4.42. The van der Waals surface area contributed by atoms with Crippen LogP contribution in [0.1, 0.15) is 21.5 Å². The van der Waals surface area contributed by atoms with E-state index in [1.807, 2.05) is 53.4 Å². The molecule has 1 aliphatic rings. The van der Waals surface area contributed by atoms with Crippen molar-refractivity contribution in [1.29, 1.82) is 0 Å². The first-order valence-electron chi connectivity index (χ1n) is 7.91. The predicted molar refractivity (Wildman–Crippen MR) is 90.9 cm³/mol. The van der Waals surface area contributed by atoms with E-state index >= 15 is 0 Å². The van der Waals surface area contributed by atoms with E-state index in [-0.39, 0.29) is 11.9 Å². The molecule has 3 aromatic rings. The second kappa shape index (κ2) is 5.76. The molecule has 2 aromatic carbocycles. The molecule has 0 saturated heterocycles. The SMILES string of the molecule is O=C(NC1Cc2ccccc2C1)c1ccccc1-n1cccc1. The van der Waals surface area contributed by atoms with Crippen molar-refractivity contribution >= 4 is 5.91 Å². The van der Waals surface area contributed by atoms with E-state index in [4.69, 9.17) is 0 Å². The van der Waals surface area contributed by atoms with Crippen molar-refractivity contribution < 1.29 is 4.79 Å². The third kappa shape index (κ3) is 2.66. The molecule has 0 bridgehead atoms. The van der Waals surface area contributed by atoms with Gasteiger partial charge in [-0.3, -0.25) is 4.79 Å². The Morgan fingerprint density at radius 1 is 0.870 bits per heavy atom. The van der Waals surface area contributed by atoms with Gasteiger partial charge >= 0.3 is 0 Å². The van der Waals surface area contributed by atoms with Crippen molar-refractivity contribution in [2.75, 3.05) is 0 Å². The van der Waals surface area contributed by atoms with Crippen LogP contribution in [0.4, 0.5) is 0 Å². The largest absolute Gasteiger partial charge is 0.349 e. The Bertz CT molecular complexity index is 811. The third-order valence-corrected chi connectivity index (χ3v) is 4.42. The molecule has 0 spiro atoms. The van der Waals surface area contributed by atoms with Crippen molar-refractivity contribution in [2.24, 2.45) is 0 Å². The predicted octanol–water partition coefficient (Wildman–Crippen LogP) is 3.37. The maximum Gasteiger partial charge on any atom is 0.253 e. The second-order valence-electron chi connectivity index (χ2n) is 5.95. The van der Waals surface area contributed by atoms with Gasteiger partial charge in [0, 0.05) is 18.4 Å². The number of nitrogens with one attached hydrogen (secondary N) is 1. The average molecular weight is 302 g/mol. The molecule has 1 heterocycles. The smallest absolute Gasteiger partial charge is 0.253 e. The summed E-state index contributed by atoms with van der Waals surface area (Å²) in [6.07, 6.45) is 5.73. The van der Waals surface area contributed by atoms with Gasteiger partial charge in [0.05, 0.1) is 11.3 Å². The van der Waals surface area contributed by atoms with Gasteiger partial charge in [-0.05, 0) is 48.2 Å². The molecule has 1 aliphatic carbocycles. The highest BCUT2D eigenvalue weighted by molar-refractivity contribution is 5.98. The standard InChI is InChI=1S/C20H18N2O/c23-20(21-17-13-15-7-1-2-8-16(15)14-17)18-9-3-4-10-19(18)22-11-5-6-12-22/h1-12,17H,13-14H2,(H,21,23). The van der Waals surface area contributed by atoms with Gasteiger partial charge in [-0.25, -0.2) is 0 Å². The lowest BCUT2D eigenvalue weighted by atomic mass is 10.1. The summed E-state index contributed by atoms with van der Waals surface area (Å²) >= 11 is 0.